The predicted molar refractivity (Wildman–Crippen MR) is 64.1 cm³/mol. The maximum absolute atomic E-state index is 2.39. The molecule has 0 heterocycles. The number of rotatable bonds is 4. The Morgan fingerprint density at radius 1 is 0.923 bits per heavy atom. The Hall–Kier alpha value is 0. The zero-order valence-electron chi connectivity index (χ0n) is 10.9. The zero-order chi connectivity index (χ0) is 10.9. The Balaban J connectivity index is 0. The molecule has 0 unspecified atom stereocenters. The summed E-state index contributed by atoms with van der Waals surface area (Å²) < 4.78 is 0. The molecule has 0 fully saturated rings. The number of hydrogen-bond donors (Lipinski definition) is 0. The Morgan fingerprint density at radius 2 is 1.23 bits per heavy atom. The van der Waals surface area contributed by atoms with E-state index in [1.54, 1.807) is 0 Å². The maximum atomic E-state index is 2.39. The SMILES string of the molecule is CC(C)C.CCCC(C)(CC)CC. The Kier molecular flexibility index (Phi) is 10.2. The Labute approximate surface area is 86.1 Å². The van der Waals surface area contributed by atoms with Crippen molar-refractivity contribution in [3.8, 4) is 0 Å². The van der Waals surface area contributed by atoms with Crippen molar-refractivity contribution in [2.75, 3.05) is 0 Å². The maximum Gasteiger partial charge on any atom is -0.0331 e. The van der Waals surface area contributed by atoms with E-state index in [1.165, 1.54) is 25.7 Å². The van der Waals surface area contributed by atoms with Crippen LogP contribution < -0.4 is 0 Å². The molecular formula is C13H30. The molecule has 0 aliphatic rings. The van der Waals surface area contributed by atoms with Gasteiger partial charge in [-0.25, -0.2) is 0 Å². The topological polar surface area (TPSA) is 0 Å². The van der Waals surface area contributed by atoms with E-state index in [2.05, 4.69) is 48.5 Å². The summed E-state index contributed by atoms with van der Waals surface area (Å²) >= 11 is 0. The van der Waals surface area contributed by atoms with Gasteiger partial charge in [0.1, 0.15) is 0 Å². The Bertz CT molecular complexity index is 85.5. The predicted octanol–water partition coefficient (Wildman–Crippen LogP) is 5.28. The molecule has 0 aliphatic carbocycles. The van der Waals surface area contributed by atoms with Gasteiger partial charge in [0.25, 0.3) is 0 Å². The lowest BCUT2D eigenvalue weighted by atomic mass is 9.81. The van der Waals surface area contributed by atoms with Gasteiger partial charge in [-0.1, -0.05) is 67.7 Å². The van der Waals surface area contributed by atoms with Gasteiger partial charge in [-0.3, -0.25) is 0 Å². The molecule has 0 atom stereocenters. The van der Waals surface area contributed by atoms with Crippen LogP contribution in [-0.4, -0.2) is 0 Å². The van der Waals surface area contributed by atoms with Gasteiger partial charge in [-0.15, -0.1) is 0 Å². The van der Waals surface area contributed by atoms with Crippen LogP contribution in [-0.2, 0) is 0 Å². The van der Waals surface area contributed by atoms with Crippen molar-refractivity contribution >= 4 is 0 Å². The summed E-state index contributed by atoms with van der Waals surface area (Å²) in [5.74, 6) is 0.833. The molecule has 0 aromatic carbocycles. The minimum Gasteiger partial charge on any atom is -0.0654 e. The standard InChI is InChI=1S/C9H20.C4H10/c1-5-8-9(4,6-2)7-3;1-4(2)3/h5-8H2,1-4H3;4H,1-3H3. The summed E-state index contributed by atoms with van der Waals surface area (Å²) in [6.07, 6.45) is 5.38. The summed E-state index contributed by atoms with van der Waals surface area (Å²) in [5, 5.41) is 0. The van der Waals surface area contributed by atoms with E-state index in [0.29, 0.717) is 5.41 Å². The van der Waals surface area contributed by atoms with E-state index in [0.717, 1.165) is 5.92 Å². The molecule has 0 radical (unpaired) electrons. The average molecular weight is 186 g/mol. The van der Waals surface area contributed by atoms with Crippen LogP contribution in [0.15, 0.2) is 0 Å². The quantitative estimate of drug-likeness (QED) is 0.560. The first-order valence-corrected chi connectivity index (χ1v) is 5.91. The fourth-order valence-electron chi connectivity index (χ4n) is 1.21. The molecule has 0 aromatic heterocycles. The molecule has 0 aliphatic heterocycles. The lowest BCUT2D eigenvalue weighted by Gasteiger charge is -2.25. The van der Waals surface area contributed by atoms with Gasteiger partial charge in [-0.05, 0) is 17.8 Å². The van der Waals surface area contributed by atoms with Crippen molar-refractivity contribution < 1.29 is 0 Å². The molecule has 0 rings (SSSR count). The third-order valence-corrected chi connectivity index (χ3v) is 2.56. The third kappa shape index (κ3) is 12.0. The van der Waals surface area contributed by atoms with E-state index >= 15 is 0 Å². The minimum atomic E-state index is 0.634. The van der Waals surface area contributed by atoms with Gasteiger partial charge < -0.3 is 0 Å². The minimum absolute atomic E-state index is 0.634. The number of hydrogen-bond acceptors (Lipinski definition) is 0. The van der Waals surface area contributed by atoms with Gasteiger partial charge >= 0.3 is 0 Å². The van der Waals surface area contributed by atoms with Gasteiger partial charge in [0.15, 0.2) is 0 Å². The largest absolute Gasteiger partial charge is 0.0654 e. The molecule has 0 saturated heterocycles. The van der Waals surface area contributed by atoms with E-state index in [1.807, 2.05) is 0 Å². The Morgan fingerprint density at radius 3 is 1.31 bits per heavy atom. The molecule has 13 heavy (non-hydrogen) atoms. The average Bonchev–Trinajstić information content (AvgIpc) is 2.04. The van der Waals surface area contributed by atoms with Crippen molar-refractivity contribution in [1.82, 2.24) is 0 Å². The van der Waals surface area contributed by atoms with Crippen molar-refractivity contribution in [3.05, 3.63) is 0 Å². The van der Waals surface area contributed by atoms with Gasteiger partial charge in [0, 0.05) is 0 Å². The first kappa shape index (κ1) is 15.5. The van der Waals surface area contributed by atoms with Crippen LogP contribution in [0, 0.1) is 11.3 Å². The fraction of sp³-hybridized carbons (Fsp3) is 1.00. The van der Waals surface area contributed by atoms with Crippen LogP contribution in [0.25, 0.3) is 0 Å². The highest BCUT2D eigenvalue weighted by atomic mass is 14.2. The monoisotopic (exact) mass is 186 g/mol. The van der Waals surface area contributed by atoms with Crippen LogP contribution in [0.5, 0.6) is 0 Å². The van der Waals surface area contributed by atoms with Crippen molar-refractivity contribution in [2.45, 2.75) is 74.1 Å². The van der Waals surface area contributed by atoms with Crippen LogP contribution >= 0.6 is 0 Å². The molecule has 0 aromatic rings. The lowest BCUT2D eigenvalue weighted by Crippen LogP contribution is -2.12. The van der Waals surface area contributed by atoms with E-state index in [-0.39, 0.29) is 0 Å². The van der Waals surface area contributed by atoms with E-state index in [9.17, 15) is 0 Å². The highest BCUT2D eigenvalue weighted by Crippen LogP contribution is 2.30. The normalized spacial score (nSPS) is 11.1. The van der Waals surface area contributed by atoms with E-state index in [4.69, 9.17) is 0 Å². The highest BCUT2D eigenvalue weighted by Gasteiger charge is 2.16. The van der Waals surface area contributed by atoms with Gasteiger partial charge in [-0.2, -0.15) is 0 Å². The molecule has 0 bridgehead atoms. The summed E-state index contributed by atoms with van der Waals surface area (Å²) in [6.45, 7) is 15.7. The fourth-order valence-corrected chi connectivity index (χ4v) is 1.21. The third-order valence-electron chi connectivity index (χ3n) is 2.56. The second-order valence-electron chi connectivity index (χ2n) is 5.00. The molecular weight excluding hydrogens is 156 g/mol. The van der Waals surface area contributed by atoms with Crippen LogP contribution in [0.2, 0.25) is 0 Å². The summed E-state index contributed by atoms with van der Waals surface area (Å²) in [5.41, 5.74) is 0.634. The van der Waals surface area contributed by atoms with Crippen LogP contribution in [0.4, 0.5) is 0 Å². The second kappa shape index (κ2) is 8.59. The van der Waals surface area contributed by atoms with Gasteiger partial charge in [0.05, 0.1) is 0 Å². The second-order valence-corrected chi connectivity index (χ2v) is 5.00. The summed E-state index contributed by atoms with van der Waals surface area (Å²) in [6, 6.07) is 0. The molecule has 0 nitrogen and oxygen atoms in total. The molecule has 0 saturated carbocycles. The van der Waals surface area contributed by atoms with Crippen molar-refractivity contribution in [3.63, 3.8) is 0 Å². The molecule has 0 spiro atoms. The van der Waals surface area contributed by atoms with Gasteiger partial charge in [0.2, 0.25) is 0 Å². The molecule has 0 heteroatoms. The smallest absolute Gasteiger partial charge is 0.0331 e. The first-order chi connectivity index (χ1) is 5.91. The lowest BCUT2D eigenvalue weighted by molar-refractivity contribution is 0.270. The van der Waals surface area contributed by atoms with Crippen molar-refractivity contribution in [2.24, 2.45) is 11.3 Å². The highest BCUT2D eigenvalue weighted by molar-refractivity contribution is 4.69. The zero-order valence-corrected chi connectivity index (χ0v) is 10.9. The summed E-state index contributed by atoms with van der Waals surface area (Å²) in [4.78, 5) is 0. The molecule has 82 valence electrons. The molecule has 0 amide bonds. The van der Waals surface area contributed by atoms with E-state index < -0.39 is 0 Å². The summed E-state index contributed by atoms with van der Waals surface area (Å²) in [7, 11) is 0. The molecule has 0 N–H and O–H groups in total. The van der Waals surface area contributed by atoms with Crippen LogP contribution in [0.1, 0.15) is 74.1 Å². The first-order valence-electron chi connectivity index (χ1n) is 5.91. The van der Waals surface area contributed by atoms with Crippen molar-refractivity contribution in [1.29, 1.82) is 0 Å². The van der Waals surface area contributed by atoms with Crippen LogP contribution in [0.3, 0.4) is 0 Å².